The van der Waals surface area contributed by atoms with Gasteiger partial charge in [-0.1, -0.05) is 19.8 Å². The molecule has 1 N–H and O–H groups in total. The van der Waals surface area contributed by atoms with E-state index < -0.39 is 10.2 Å². The summed E-state index contributed by atoms with van der Waals surface area (Å²) < 4.78 is 27.9. The molecule has 0 aromatic rings. The summed E-state index contributed by atoms with van der Waals surface area (Å²) in [6, 6.07) is 0.0158. The molecule has 1 saturated heterocycles. The van der Waals surface area contributed by atoms with Gasteiger partial charge in [0.25, 0.3) is 10.2 Å². The molecule has 0 aliphatic carbocycles. The maximum atomic E-state index is 12.6. The first kappa shape index (κ1) is 17.4. The predicted molar refractivity (Wildman–Crippen MR) is 79.5 cm³/mol. The van der Waals surface area contributed by atoms with Crippen LogP contribution in [0.2, 0.25) is 0 Å². The smallest absolute Gasteiger partial charge is 0.282 e. The lowest BCUT2D eigenvalue weighted by Crippen LogP contribution is -2.48. The average Bonchev–Trinajstić information content (AvgIpc) is 2.64. The highest BCUT2D eigenvalue weighted by Crippen LogP contribution is 2.16. The Morgan fingerprint density at radius 3 is 2.20 bits per heavy atom. The highest BCUT2D eigenvalue weighted by molar-refractivity contribution is 7.86. The Balaban J connectivity index is 2.72. The highest BCUT2D eigenvalue weighted by atomic mass is 32.2. The second-order valence-electron chi connectivity index (χ2n) is 5.47. The van der Waals surface area contributed by atoms with Gasteiger partial charge in [0.2, 0.25) is 5.91 Å². The van der Waals surface area contributed by atoms with Crippen LogP contribution < -0.4 is 5.32 Å². The van der Waals surface area contributed by atoms with Crippen LogP contribution >= 0.6 is 0 Å². The maximum absolute atomic E-state index is 12.6. The van der Waals surface area contributed by atoms with Crippen LogP contribution in [0.5, 0.6) is 0 Å². The molecule has 1 fully saturated rings. The van der Waals surface area contributed by atoms with Crippen LogP contribution in [0.3, 0.4) is 0 Å². The average molecular weight is 305 g/mol. The number of carbonyl (C=O) groups excluding carboxylic acids is 1. The quantitative estimate of drug-likeness (QED) is 0.794. The molecule has 1 aliphatic rings. The van der Waals surface area contributed by atoms with Gasteiger partial charge in [0.1, 0.15) is 0 Å². The molecule has 20 heavy (non-hydrogen) atoms. The van der Waals surface area contributed by atoms with Crippen molar-refractivity contribution in [2.24, 2.45) is 0 Å². The van der Waals surface area contributed by atoms with Crippen molar-refractivity contribution in [3.8, 4) is 0 Å². The van der Waals surface area contributed by atoms with Crippen molar-refractivity contribution < 1.29 is 13.2 Å². The molecule has 1 rings (SSSR count). The Bertz CT molecular complexity index is 401. The van der Waals surface area contributed by atoms with E-state index >= 15 is 0 Å². The number of amides is 1. The fourth-order valence-corrected chi connectivity index (χ4v) is 3.97. The van der Waals surface area contributed by atoms with E-state index in [1.807, 2.05) is 13.8 Å². The number of hydrogen-bond donors (Lipinski definition) is 1. The molecule has 0 atom stereocenters. The summed E-state index contributed by atoms with van der Waals surface area (Å²) in [5.74, 6) is -0.250. The minimum atomic E-state index is -3.52. The number of nitrogens with zero attached hydrogens (tertiary/aromatic N) is 2. The molecule has 1 amide bonds. The van der Waals surface area contributed by atoms with Crippen molar-refractivity contribution in [3.05, 3.63) is 0 Å². The molecule has 6 nitrogen and oxygen atoms in total. The van der Waals surface area contributed by atoms with Crippen molar-refractivity contribution in [2.45, 2.75) is 52.5 Å². The first-order chi connectivity index (χ1) is 9.37. The topological polar surface area (TPSA) is 69.7 Å². The summed E-state index contributed by atoms with van der Waals surface area (Å²) in [6.45, 7) is 6.81. The van der Waals surface area contributed by atoms with Crippen molar-refractivity contribution in [2.75, 3.05) is 26.2 Å². The SMILES string of the molecule is CCN(CC(=O)NC(C)C)S(=O)(=O)N1CCCCCC1. The number of likely N-dealkylation sites (N-methyl/N-ethyl adjacent to an activating group) is 1. The molecule has 0 spiro atoms. The van der Waals surface area contributed by atoms with E-state index in [9.17, 15) is 13.2 Å². The van der Waals surface area contributed by atoms with Crippen LogP contribution in [0.15, 0.2) is 0 Å². The lowest BCUT2D eigenvalue weighted by molar-refractivity contribution is -0.121. The third kappa shape index (κ3) is 5.03. The molecule has 1 aliphatic heterocycles. The summed E-state index contributed by atoms with van der Waals surface area (Å²) >= 11 is 0. The van der Waals surface area contributed by atoms with Gasteiger partial charge in [0.15, 0.2) is 0 Å². The predicted octanol–water partition coefficient (Wildman–Crippen LogP) is 0.954. The molecule has 0 bridgehead atoms. The van der Waals surface area contributed by atoms with Gasteiger partial charge in [-0.15, -0.1) is 0 Å². The first-order valence-electron chi connectivity index (χ1n) is 7.42. The van der Waals surface area contributed by atoms with Gasteiger partial charge >= 0.3 is 0 Å². The van der Waals surface area contributed by atoms with E-state index in [0.29, 0.717) is 19.6 Å². The molecule has 0 aromatic heterocycles. The Hall–Kier alpha value is -0.660. The Morgan fingerprint density at radius 2 is 1.75 bits per heavy atom. The van der Waals surface area contributed by atoms with Crippen molar-refractivity contribution in [1.82, 2.24) is 13.9 Å². The van der Waals surface area contributed by atoms with E-state index in [0.717, 1.165) is 25.7 Å². The Morgan fingerprint density at radius 1 is 1.20 bits per heavy atom. The van der Waals surface area contributed by atoms with Gasteiger partial charge in [-0.25, -0.2) is 0 Å². The fourth-order valence-electron chi connectivity index (χ4n) is 2.32. The van der Waals surface area contributed by atoms with Gasteiger partial charge < -0.3 is 5.32 Å². The van der Waals surface area contributed by atoms with E-state index in [1.165, 1.54) is 8.61 Å². The molecule has 1 heterocycles. The third-order valence-corrected chi connectivity index (χ3v) is 5.40. The lowest BCUT2D eigenvalue weighted by atomic mass is 10.2. The molecule has 0 aromatic carbocycles. The van der Waals surface area contributed by atoms with Crippen LogP contribution in [0.25, 0.3) is 0 Å². The normalized spacial score (nSPS) is 18.2. The number of rotatable bonds is 6. The number of hydrogen-bond acceptors (Lipinski definition) is 3. The minimum absolute atomic E-state index is 0.0158. The standard InChI is InChI=1S/C13H27N3O3S/c1-4-15(11-13(17)14-12(2)3)20(18,19)16-9-7-5-6-8-10-16/h12H,4-11H2,1-3H3,(H,14,17). The minimum Gasteiger partial charge on any atom is -0.353 e. The zero-order valence-corrected chi connectivity index (χ0v) is 13.6. The largest absolute Gasteiger partial charge is 0.353 e. The summed E-state index contributed by atoms with van der Waals surface area (Å²) in [4.78, 5) is 11.8. The van der Waals surface area contributed by atoms with Crippen LogP contribution in [0.1, 0.15) is 46.5 Å². The lowest BCUT2D eigenvalue weighted by Gasteiger charge is -2.28. The van der Waals surface area contributed by atoms with Crippen LogP contribution in [-0.4, -0.2) is 55.2 Å². The molecular formula is C13H27N3O3S. The molecule has 0 radical (unpaired) electrons. The second kappa shape index (κ2) is 7.95. The number of carbonyl (C=O) groups is 1. The van der Waals surface area contributed by atoms with Gasteiger partial charge in [-0.05, 0) is 26.7 Å². The van der Waals surface area contributed by atoms with Crippen LogP contribution in [0, 0.1) is 0 Å². The van der Waals surface area contributed by atoms with Gasteiger partial charge in [0, 0.05) is 25.7 Å². The monoisotopic (exact) mass is 305 g/mol. The van der Waals surface area contributed by atoms with Crippen molar-refractivity contribution >= 4 is 16.1 Å². The second-order valence-corrected chi connectivity index (χ2v) is 7.40. The molecular weight excluding hydrogens is 278 g/mol. The summed E-state index contributed by atoms with van der Waals surface area (Å²) in [5.41, 5.74) is 0. The first-order valence-corrected chi connectivity index (χ1v) is 8.82. The zero-order valence-electron chi connectivity index (χ0n) is 12.8. The Labute approximate surface area is 122 Å². The maximum Gasteiger partial charge on any atom is 0.282 e. The van der Waals surface area contributed by atoms with Gasteiger partial charge in [-0.3, -0.25) is 4.79 Å². The van der Waals surface area contributed by atoms with E-state index in [1.54, 1.807) is 6.92 Å². The summed E-state index contributed by atoms with van der Waals surface area (Å²) in [7, 11) is -3.52. The van der Waals surface area contributed by atoms with Crippen LogP contribution in [-0.2, 0) is 15.0 Å². The molecule has 0 saturated carbocycles. The molecule has 118 valence electrons. The van der Waals surface area contributed by atoms with E-state index in [4.69, 9.17) is 0 Å². The van der Waals surface area contributed by atoms with E-state index in [-0.39, 0.29) is 18.5 Å². The third-order valence-electron chi connectivity index (χ3n) is 3.34. The van der Waals surface area contributed by atoms with E-state index in [2.05, 4.69) is 5.32 Å². The number of nitrogens with one attached hydrogen (secondary N) is 1. The molecule has 0 unspecified atom stereocenters. The highest BCUT2D eigenvalue weighted by Gasteiger charge is 2.30. The summed E-state index contributed by atoms with van der Waals surface area (Å²) in [5, 5.41) is 2.73. The van der Waals surface area contributed by atoms with Gasteiger partial charge in [0.05, 0.1) is 6.54 Å². The molecule has 7 heteroatoms. The summed E-state index contributed by atoms with van der Waals surface area (Å²) in [6.07, 6.45) is 3.95. The Kier molecular flexibility index (Phi) is 6.91. The van der Waals surface area contributed by atoms with Crippen LogP contribution in [0.4, 0.5) is 0 Å². The van der Waals surface area contributed by atoms with Crippen molar-refractivity contribution in [1.29, 1.82) is 0 Å². The van der Waals surface area contributed by atoms with Gasteiger partial charge in [-0.2, -0.15) is 17.0 Å². The fraction of sp³-hybridized carbons (Fsp3) is 0.923. The van der Waals surface area contributed by atoms with Crippen molar-refractivity contribution in [3.63, 3.8) is 0 Å². The zero-order chi connectivity index (χ0) is 15.2.